The molecule has 1 heterocycles. The topological polar surface area (TPSA) is 20.3 Å². The Kier molecular flexibility index (Phi) is 6.81. The van der Waals surface area contributed by atoms with E-state index in [-0.39, 0.29) is 0 Å². The molecule has 2 heteroatoms. The molecule has 1 fully saturated rings. The normalized spacial score (nSPS) is 18.2. The molecule has 0 aliphatic carbocycles. The largest absolute Gasteiger partial charge is 0.300 e. The van der Waals surface area contributed by atoms with Gasteiger partial charge in [-0.05, 0) is 50.8 Å². The number of likely N-dealkylation sites (tertiary alicyclic amines) is 1. The molecule has 1 unspecified atom stereocenters. The number of Topliss-reactive ketones (excluding diaryl/α,β-unsaturated/α-hetero) is 1. The summed E-state index contributed by atoms with van der Waals surface area (Å²) in [4.78, 5) is 15.1. The third kappa shape index (κ3) is 5.54. The van der Waals surface area contributed by atoms with Crippen molar-refractivity contribution in [3.8, 4) is 0 Å². The van der Waals surface area contributed by atoms with Crippen LogP contribution in [0.15, 0.2) is 60.7 Å². The Bertz CT molecular complexity index is 638. The van der Waals surface area contributed by atoms with Crippen molar-refractivity contribution < 1.29 is 4.79 Å². The summed E-state index contributed by atoms with van der Waals surface area (Å²) < 4.78 is 0. The summed E-state index contributed by atoms with van der Waals surface area (Å²) in [6.07, 6.45) is 7.95. The monoisotopic (exact) mass is 335 g/mol. The van der Waals surface area contributed by atoms with Gasteiger partial charge < -0.3 is 0 Å². The van der Waals surface area contributed by atoms with Crippen molar-refractivity contribution in [1.82, 2.24) is 4.90 Å². The van der Waals surface area contributed by atoms with Crippen molar-refractivity contribution in [3.63, 3.8) is 0 Å². The number of rotatable bonds is 8. The lowest BCUT2D eigenvalue weighted by atomic mass is 9.94. The molecule has 1 aliphatic heterocycles. The van der Waals surface area contributed by atoms with Crippen molar-refractivity contribution in [3.05, 3.63) is 71.8 Å². The number of hydrogen-bond donors (Lipinski definition) is 0. The van der Waals surface area contributed by atoms with Gasteiger partial charge in [0, 0.05) is 18.0 Å². The molecule has 0 radical (unpaired) electrons. The predicted molar refractivity (Wildman–Crippen MR) is 104 cm³/mol. The van der Waals surface area contributed by atoms with E-state index >= 15 is 0 Å². The van der Waals surface area contributed by atoms with Crippen LogP contribution in [-0.2, 0) is 6.42 Å². The maximum Gasteiger partial charge on any atom is 0.164 e. The number of unbranched alkanes of at least 4 members (excludes halogenated alkanes) is 1. The average molecular weight is 335 g/mol. The summed E-state index contributed by atoms with van der Waals surface area (Å²) in [6.45, 7) is 2.28. The van der Waals surface area contributed by atoms with E-state index in [0.29, 0.717) is 18.2 Å². The van der Waals surface area contributed by atoms with E-state index in [2.05, 4.69) is 35.2 Å². The van der Waals surface area contributed by atoms with Gasteiger partial charge in [-0.25, -0.2) is 0 Å². The molecule has 0 N–H and O–H groups in total. The van der Waals surface area contributed by atoms with E-state index in [1.165, 1.54) is 31.2 Å². The van der Waals surface area contributed by atoms with Crippen LogP contribution in [0.25, 0.3) is 0 Å². The van der Waals surface area contributed by atoms with Gasteiger partial charge in [-0.3, -0.25) is 9.69 Å². The number of ketones is 1. The standard InChI is InChI=1S/C23H29NO/c25-23(21-14-5-2-6-15-21)19-22-16-8-10-18-24(22)17-9-7-13-20-11-3-1-4-12-20/h1-6,11-12,14-15,22H,7-10,13,16-19H2. The Balaban J connectivity index is 1.46. The maximum atomic E-state index is 12.5. The van der Waals surface area contributed by atoms with Gasteiger partial charge in [-0.15, -0.1) is 0 Å². The van der Waals surface area contributed by atoms with E-state index in [1.54, 1.807) is 0 Å². The van der Waals surface area contributed by atoms with Gasteiger partial charge in [0.15, 0.2) is 5.78 Å². The highest BCUT2D eigenvalue weighted by molar-refractivity contribution is 5.96. The summed E-state index contributed by atoms with van der Waals surface area (Å²) in [5.41, 5.74) is 2.29. The second kappa shape index (κ2) is 9.53. The first-order chi connectivity index (χ1) is 12.3. The van der Waals surface area contributed by atoms with Crippen molar-refractivity contribution in [2.45, 2.75) is 51.0 Å². The van der Waals surface area contributed by atoms with Crippen LogP contribution in [0.4, 0.5) is 0 Å². The molecule has 0 bridgehead atoms. The number of carbonyl (C=O) groups is 1. The van der Waals surface area contributed by atoms with E-state index < -0.39 is 0 Å². The lowest BCUT2D eigenvalue weighted by Crippen LogP contribution is -2.41. The first-order valence-corrected chi connectivity index (χ1v) is 9.69. The lowest BCUT2D eigenvalue weighted by Gasteiger charge is -2.35. The highest BCUT2D eigenvalue weighted by Crippen LogP contribution is 2.22. The van der Waals surface area contributed by atoms with E-state index in [0.717, 1.165) is 31.5 Å². The summed E-state index contributed by atoms with van der Waals surface area (Å²) in [5.74, 6) is 0.293. The summed E-state index contributed by atoms with van der Waals surface area (Å²) in [6, 6.07) is 20.9. The number of hydrogen-bond acceptors (Lipinski definition) is 2. The average Bonchev–Trinajstić information content (AvgIpc) is 2.68. The third-order valence-corrected chi connectivity index (χ3v) is 5.27. The number of nitrogens with zero attached hydrogens (tertiary/aromatic N) is 1. The Morgan fingerprint density at radius 2 is 1.64 bits per heavy atom. The Morgan fingerprint density at radius 1 is 0.920 bits per heavy atom. The van der Waals surface area contributed by atoms with Gasteiger partial charge >= 0.3 is 0 Å². The van der Waals surface area contributed by atoms with Gasteiger partial charge in [-0.2, -0.15) is 0 Å². The van der Waals surface area contributed by atoms with Crippen molar-refractivity contribution in [2.24, 2.45) is 0 Å². The molecule has 25 heavy (non-hydrogen) atoms. The number of aryl methyl sites for hydroxylation is 1. The highest BCUT2D eigenvalue weighted by Gasteiger charge is 2.24. The van der Waals surface area contributed by atoms with Crippen molar-refractivity contribution in [1.29, 1.82) is 0 Å². The molecule has 0 spiro atoms. The lowest BCUT2D eigenvalue weighted by molar-refractivity contribution is 0.0867. The second-order valence-electron chi connectivity index (χ2n) is 7.12. The zero-order chi connectivity index (χ0) is 17.3. The van der Waals surface area contributed by atoms with Crippen molar-refractivity contribution in [2.75, 3.05) is 13.1 Å². The van der Waals surface area contributed by atoms with Crippen LogP contribution in [-0.4, -0.2) is 29.8 Å². The summed E-state index contributed by atoms with van der Waals surface area (Å²) in [7, 11) is 0. The SMILES string of the molecule is O=C(CC1CCCCN1CCCCc1ccccc1)c1ccccc1. The van der Waals surface area contributed by atoms with Gasteiger partial charge in [0.2, 0.25) is 0 Å². The molecule has 1 aliphatic rings. The van der Waals surface area contributed by atoms with Crippen molar-refractivity contribution >= 4 is 5.78 Å². The molecule has 132 valence electrons. The summed E-state index contributed by atoms with van der Waals surface area (Å²) >= 11 is 0. The van der Waals surface area contributed by atoms with Gasteiger partial charge in [0.05, 0.1) is 0 Å². The van der Waals surface area contributed by atoms with E-state index in [9.17, 15) is 4.79 Å². The molecule has 2 nitrogen and oxygen atoms in total. The maximum absolute atomic E-state index is 12.5. The minimum atomic E-state index is 0.293. The Hall–Kier alpha value is -1.93. The molecular weight excluding hydrogens is 306 g/mol. The quantitative estimate of drug-likeness (QED) is 0.492. The number of carbonyl (C=O) groups excluding carboxylic acids is 1. The predicted octanol–water partition coefficient (Wildman–Crippen LogP) is 5.14. The fourth-order valence-electron chi connectivity index (χ4n) is 3.83. The molecule has 1 saturated heterocycles. The Labute approximate surface area is 151 Å². The molecule has 3 rings (SSSR count). The fraction of sp³-hybridized carbons (Fsp3) is 0.435. The minimum absolute atomic E-state index is 0.293. The van der Waals surface area contributed by atoms with Crippen LogP contribution in [0, 0.1) is 0 Å². The van der Waals surface area contributed by atoms with Crippen LogP contribution in [0.3, 0.4) is 0 Å². The van der Waals surface area contributed by atoms with Crippen LogP contribution >= 0.6 is 0 Å². The molecule has 2 aromatic carbocycles. The Morgan fingerprint density at radius 3 is 2.40 bits per heavy atom. The molecule has 0 amide bonds. The molecular formula is C23H29NO. The number of piperidine rings is 1. The van der Waals surface area contributed by atoms with Gasteiger partial charge in [-0.1, -0.05) is 67.1 Å². The first-order valence-electron chi connectivity index (χ1n) is 9.69. The zero-order valence-corrected chi connectivity index (χ0v) is 15.1. The first kappa shape index (κ1) is 17.9. The van der Waals surface area contributed by atoms with Crippen LogP contribution < -0.4 is 0 Å². The molecule has 0 aromatic heterocycles. The van der Waals surface area contributed by atoms with E-state index in [4.69, 9.17) is 0 Å². The third-order valence-electron chi connectivity index (χ3n) is 5.27. The fourth-order valence-corrected chi connectivity index (χ4v) is 3.83. The van der Waals surface area contributed by atoms with Gasteiger partial charge in [0.25, 0.3) is 0 Å². The van der Waals surface area contributed by atoms with Crippen LogP contribution in [0.1, 0.15) is 54.4 Å². The summed E-state index contributed by atoms with van der Waals surface area (Å²) in [5, 5.41) is 0. The highest BCUT2D eigenvalue weighted by atomic mass is 16.1. The number of benzene rings is 2. The van der Waals surface area contributed by atoms with Crippen LogP contribution in [0.5, 0.6) is 0 Å². The second-order valence-corrected chi connectivity index (χ2v) is 7.12. The van der Waals surface area contributed by atoms with Crippen LogP contribution in [0.2, 0.25) is 0 Å². The van der Waals surface area contributed by atoms with E-state index in [1.807, 2.05) is 30.3 Å². The zero-order valence-electron chi connectivity index (χ0n) is 15.1. The minimum Gasteiger partial charge on any atom is -0.300 e. The molecule has 1 atom stereocenters. The smallest absolute Gasteiger partial charge is 0.164 e. The van der Waals surface area contributed by atoms with Gasteiger partial charge in [0.1, 0.15) is 0 Å². The molecule has 0 saturated carbocycles. The molecule has 2 aromatic rings.